The number of rotatable bonds is 8. The number of H-pyrrole nitrogens is 2. The minimum absolute atomic E-state index is 0.0707. The van der Waals surface area contributed by atoms with Gasteiger partial charge in [-0.1, -0.05) is 24.0 Å². The Morgan fingerprint density at radius 3 is 2.94 bits per heavy atom. The Hall–Kier alpha value is -1.98. The lowest BCUT2D eigenvalue weighted by Crippen LogP contribution is -2.37. The number of hydrogen-bond acceptors (Lipinski definition) is 8. The standard InChI is InChI=1S/C24H29N5O2S3/c25-21-20(17-3-1-4-26-23(17)32)19(31-8-2-7-30)12-15-11-18(28-22(15)21)24-27-13-16(34-24)14-29-5-9-33-10-6-29/h1,3-4,11-12,16,28,30H,2,5-10,13-14,25H2,(H,26,32). The minimum Gasteiger partial charge on any atom is -0.493 e. The summed E-state index contributed by atoms with van der Waals surface area (Å²) in [7, 11) is 0. The van der Waals surface area contributed by atoms with Crippen molar-refractivity contribution in [3.05, 3.63) is 40.8 Å². The molecule has 4 heterocycles. The van der Waals surface area contributed by atoms with Gasteiger partial charge in [0, 0.05) is 66.6 Å². The molecule has 10 heteroatoms. The predicted molar refractivity (Wildman–Crippen MR) is 147 cm³/mol. The normalized spacial score (nSPS) is 19.0. The van der Waals surface area contributed by atoms with Crippen LogP contribution in [-0.2, 0) is 0 Å². The Balaban J connectivity index is 1.45. The molecule has 34 heavy (non-hydrogen) atoms. The third-order valence-corrected chi connectivity index (χ3v) is 8.56. The molecule has 2 aliphatic heterocycles. The fourth-order valence-corrected chi connectivity index (χ4v) is 6.74. The Labute approximate surface area is 212 Å². The van der Waals surface area contributed by atoms with Crippen molar-refractivity contribution in [2.75, 3.05) is 56.6 Å². The van der Waals surface area contributed by atoms with E-state index in [1.165, 1.54) is 24.6 Å². The molecule has 5 rings (SSSR count). The summed E-state index contributed by atoms with van der Waals surface area (Å²) in [5.74, 6) is 3.11. The van der Waals surface area contributed by atoms with Crippen molar-refractivity contribution in [2.24, 2.45) is 4.99 Å². The van der Waals surface area contributed by atoms with Gasteiger partial charge in [-0.25, -0.2) is 0 Å². The summed E-state index contributed by atoms with van der Waals surface area (Å²) < 4.78 is 6.65. The fraction of sp³-hybridized carbons (Fsp3) is 0.417. The highest BCUT2D eigenvalue weighted by Gasteiger charge is 2.26. The van der Waals surface area contributed by atoms with Crippen molar-refractivity contribution >= 4 is 57.4 Å². The van der Waals surface area contributed by atoms with Crippen molar-refractivity contribution in [2.45, 2.75) is 11.7 Å². The lowest BCUT2D eigenvalue weighted by molar-refractivity contribution is 0.234. The zero-order valence-corrected chi connectivity index (χ0v) is 21.3. The van der Waals surface area contributed by atoms with Crippen LogP contribution in [0.15, 0.2) is 35.5 Å². The maximum Gasteiger partial charge on any atom is 0.130 e. The van der Waals surface area contributed by atoms with E-state index < -0.39 is 0 Å². The second-order valence-corrected chi connectivity index (χ2v) is 11.4. The van der Waals surface area contributed by atoms with Gasteiger partial charge in [-0.2, -0.15) is 11.8 Å². The van der Waals surface area contributed by atoms with Crippen LogP contribution in [0.1, 0.15) is 12.1 Å². The summed E-state index contributed by atoms with van der Waals surface area (Å²) in [6, 6.07) is 7.95. The number of aliphatic hydroxyl groups excluding tert-OH is 1. The van der Waals surface area contributed by atoms with Crippen molar-refractivity contribution in [1.82, 2.24) is 14.9 Å². The topological polar surface area (TPSA) is 103 Å². The van der Waals surface area contributed by atoms with E-state index in [2.05, 4.69) is 20.9 Å². The molecule has 2 aromatic heterocycles. The highest BCUT2D eigenvalue weighted by Crippen LogP contribution is 2.42. The van der Waals surface area contributed by atoms with Crippen molar-refractivity contribution in [1.29, 1.82) is 0 Å². The van der Waals surface area contributed by atoms with Crippen LogP contribution in [0.25, 0.3) is 22.0 Å². The molecule has 0 bridgehead atoms. The molecule has 1 saturated heterocycles. The first-order chi connectivity index (χ1) is 16.6. The maximum absolute atomic E-state index is 9.20. The molecular formula is C24H29N5O2S3. The molecule has 1 unspecified atom stereocenters. The molecule has 0 radical (unpaired) electrons. The Bertz CT molecular complexity index is 1250. The van der Waals surface area contributed by atoms with Crippen LogP contribution in [0.5, 0.6) is 5.75 Å². The van der Waals surface area contributed by atoms with Gasteiger partial charge < -0.3 is 30.4 Å². The molecule has 0 aliphatic carbocycles. The lowest BCUT2D eigenvalue weighted by Gasteiger charge is -2.28. The van der Waals surface area contributed by atoms with Crippen LogP contribution in [-0.4, -0.2) is 81.2 Å². The number of fused-ring (bicyclic) bond motifs is 1. The van der Waals surface area contributed by atoms with E-state index in [0.29, 0.717) is 34.4 Å². The molecular weight excluding hydrogens is 486 g/mol. The Morgan fingerprint density at radius 2 is 2.15 bits per heavy atom. The second kappa shape index (κ2) is 10.7. The number of aromatic amines is 2. The molecule has 7 nitrogen and oxygen atoms in total. The van der Waals surface area contributed by atoms with Gasteiger partial charge in [-0.3, -0.25) is 4.99 Å². The number of aliphatic hydroxyl groups is 1. The fourth-order valence-electron chi connectivity index (χ4n) is 4.38. The molecule has 1 aromatic carbocycles. The number of nitrogens with one attached hydrogen (secondary N) is 2. The number of benzene rings is 1. The van der Waals surface area contributed by atoms with Gasteiger partial charge in [0.05, 0.1) is 35.6 Å². The van der Waals surface area contributed by atoms with Gasteiger partial charge in [0.25, 0.3) is 0 Å². The average Bonchev–Trinajstić information content (AvgIpc) is 3.48. The molecule has 0 saturated carbocycles. The predicted octanol–water partition coefficient (Wildman–Crippen LogP) is 4.15. The van der Waals surface area contributed by atoms with Crippen molar-refractivity contribution in [3.63, 3.8) is 0 Å². The van der Waals surface area contributed by atoms with Gasteiger partial charge in [0.2, 0.25) is 0 Å². The van der Waals surface area contributed by atoms with E-state index >= 15 is 0 Å². The van der Waals surface area contributed by atoms with E-state index in [1.807, 2.05) is 41.7 Å². The molecule has 180 valence electrons. The van der Waals surface area contributed by atoms with Crippen LogP contribution >= 0.6 is 35.7 Å². The Kier molecular flexibility index (Phi) is 7.50. The van der Waals surface area contributed by atoms with Crippen LogP contribution < -0.4 is 10.5 Å². The van der Waals surface area contributed by atoms with E-state index in [0.717, 1.165) is 45.9 Å². The van der Waals surface area contributed by atoms with E-state index in [1.54, 1.807) is 6.20 Å². The smallest absolute Gasteiger partial charge is 0.130 e. The number of anilines is 1. The van der Waals surface area contributed by atoms with Crippen LogP contribution in [0, 0.1) is 4.64 Å². The number of ether oxygens (including phenoxy) is 1. The van der Waals surface area contributed by atoms with E-state index in [9.17, 15) is 5.11 Å². The average molecular weight is 516 g/mol. The van der Waals surface area contributed by atoms with Gasteiger partial charge in [0.1, 0.15) is 15.4 Å². The quantitative estimate of drug-likeness (QED) is 0.203. The summed E-state index contributed by atoms with van der Waals surface area (Å²) in [5, 5.41) is 11.7. The third kappa shape index (κ3) is 5.01. The van der Waals surface area contributed by atoms with Gasteiger partial charge in [0.15, 0.2) is 0 Å². The number of aromatic nitrogens is 2. The summed E-state index contributed by atoms with van der Waals surface area (Å²) in [6.45, 7) is 4.73. The number of nitrogen functional groups attached to an aromatic ring is 1. The highest BCUT2D eigenvalue weighted by atomic mass is 32.2. The molecule has 0 amide bonds. The zero-order valence-electron chi connectivity index (χ0n) is 18.9. The molecule has 5 N–H and O–H groups in total. The molecule has 2 aliphatic rings. The molecule has 3 aromatic rings. The number of nitrogens with two attached hydrogens (primary N) is 1. The number of pyridine rings is 1. The van der Waals surface area contributed by atoms with Crippen LogP contribution in [0.3, 0.4) is 0 Å². The van der Waals surface area contributed by atoms with E-state index in [-0.39, 0.29) is 6.61 Å². The first-order valence-electron chi connectivity index (χ1n) is 11.5. The number of thioether (sulfide) groups is 2. The van der Waals surface area contributed by atoms with Crippen molar-refractivity contribution in [3.8, 4) is 16.9 Å². The van der Waals surface area contributed by atoms with Crippen LogP contribution in [0.2, 0.25) is 0 Å². The SMILES string of the molecule is Nc1c(-c2ccc[nH]c2=S)c(OCCCO)cc2cc(C3=NCC(CN4CCSCC4)S3)[nH]c12. The molecule has 1 atom stereocenters. The second-order valence-electron chi connectivity index (χ2n) is 8.45. The van der Waals surface area contributed by atoms with Gasteiger partial charge in [-0.05, 0) is 24.3 Å². The third-order valence-electron chi connectivity index (χ3n) is 6.08. The number of hydrogen-bond donors (Lipinski definition) is 4. The summed E-state index contributed by atoms with van der Waals surface area (Å²) in [6.07, 6.45) is 2.34. The van der Waals surface area contributed by atoms with E-state index in [4.69, 9.17) is 27.7 Å². The monoisotopic (exact) mass is 515 g/mol. The first kappa shape index (κ1) is 23.7. The lowest BCUT2D eigenvalue weighted by atomic mass is 10.0. The summed E-state index contributed by atoms with van der Waals surface area (Å²) in [5.41, 5.74) is 10.7. The van der Waals surface area contributed by atoms with Gasteiger partial charge in [-0.15, -0.1) is 0 Å². The van der Waals surface area contributed by atoms with Crippen LogP contribution in [0.4, 0.5) is 5.69 Å². The number of aliphatic imine (C=N–C) groups is 1. The summed E-state index contributed by atoms with van der Waals surface area (Å²) in [4.78, 5) is 14.0. The maximum atomic E-state index is 9.20. The largest absolute Gasteiger partial charge is 0.493 e. The zero-order chi connectivity index (χ0) is 23.5. The number of nitrogens with zero attached hydrogens (tertiary/aromatic N) is 2. The highest BCUT2D eigenvalue weighted by molar-refractivity contribution is 8.15. The molecule has 1 fully saturated rings. The summed E-state index contributed by atoms with van der Waals surface area (Å²) >= 11 is 9.43. The van der Waals surface area contributed by atoms with Gasteiger partial charge >= 0.3 is 0 Å². The van der Waals surface area contributed by atoms with Crippen molar-refractivity contribution < 1.29 is 9.84 Å². The Morgan fingerprint density at radius 1 is 1.29 bits per heavy atom. The minimum atomic E-state index is 0.0707. The first-order valence-corrected chi connectivity index (χ1v) is 14.0. The molecule has 0 spiro atoms.